The van der Waals surface area contributed by atoms with E-state index in [9.17, 15) is 4.79 Å². The van der Waals surface area contributed by atoms with Gasteiger partial charge in [-0.15, -0.1) is 10.2 Å². The van der Waals surface area contributed by atoms with E-state index in [2.05, 4.69) is 15.5 Å². The van der Waals surface area contributed by atoms with Crippen LogP contribution in [0.4, 0.5) is 0 Å². The monoisotopic (exact) mass is 241 g/mol. The maximum atomic E-state index is 11.5. The van der Waals surface area contributed by atoms with Crippen LogP contribution in [0, 0.1) is 5.92 Å². The van der Waals surface area contributed by atoms with E-state index in [1.807, 2.05) is 20.8 Å². The minimum absolute atomic E-state index is 0.135. The van der Waals surface area contributed by atoms with Crippen molar-refractivity contribution in [3.05, 3.63) is 11.8 Å². The molecule has 1 heterocycles. The number of rotatable bonds is 6. The number of methoxy groups -OCH3 is 1. The fourth-order valence-electron chi connectivity index (χ4n) is 1.42. The minimum atomic E-state index is -0.364. The number of hydrogen-bond donors (Lipinski definition) is 1. The molecule has 0 aliphatic rings. The first-order valence-electron chi connectivity index (χ1n) is 5.71. The Labute approximate surface area is 101 Å². The summed E-state index contributed by atoms with van der Waals surface area (Å²) in [6.45, 7) is 6.20. The minimum Gasteiger partial charge on any atom is -0.468 e. The van der Waals surface area contributed by atoms with Crippen LogP contribution in [0.5, 0.6) is 0 Å². The molecule has 0 fully saturated rings. The van der Waals surface area contributed by atoms with E-state index in [0.717, 1.165) is 0 Å². The Morgan fingerprint density at radius 3 is 2.53 bits per heavy atom. The van der Waals surface area contributed by atoms with E-state index in [0.29, 0.717) is 24.7 Å². The lowest BCUT2D eigenvalue weighted by atomic mass is 10.1. The van der Waals surface area contributed by atoms with Gasteiger partial charge in [-0.25, -0.2) is 0 Å². The standard InChI is InChI=1S/C11H19N3O3/c1-5-8-13-14-9(17-8)6-12-10(7(2)3)11(15)16-4/h7,10,12H,5-6H2,1-4H3. The molecule has 1 unspecified atom stereocenters. The van der Waals surface area contributed by atoms with Gasteiger partial charge in [0.1, 0.15) is 6.04 Å². The molecule has 0 aromatic carbocycles. The van der Waals surface area contributed by atoms with Gasteiger partial charge in [-0.3, -0.25) is 10.1 Å². The van der Waals surface area contributed by atoms with Gasteiger partial charge in [0.05, 0.1) is 13.7 Å². The van der Waals surface area contributed by atoms with Crippen molar-refractivity contribution in [2.75, 3.05) is 7.11 Å². The van der Waals surface area contributed by atoms with Gasteiger partial charge in [0.2, 0.25) is 11.8 Å². The molecule has 1 rings (SSSR count). The average molecular weight is 241 g/mol. The number of aryl methyl sites for hydroxylation is 1. The summed E-state index contributed by atoms with van der Waals surface area (Å²) < 4.78 is 10.1. The van der Waals surface area contributed by atoms with Crippen LogP contribution in [0.25, 0.3) is 0 Å². The van der Waals surface area contributed by atoms with Gasteiger partial charge in [-0.2, -0.15) is 0 Å². The van der Waals surface area contributed by atoms with Crippen LogP contribution in [0.1, 0.15) is 32.6 Å². The van der Waals surface area contributed by atoms with E-state index in [-0.39, 0.29) is 17.9 Å². The van der Waals surface area contributed by atoms with E-state index in [1.54, 1.807) is 0 Å². The van der Waals surface area contributed by atoms with Crippen molar-refractivity contribution < 1.29 is 13.9 Å². The molecule has 0 saturated carbocycles. The second kappa shape index (κ2) is 6.34. The fourth-order valence-corrected chi connectivity index (χ4v) is 1.42. The molecule has 0 aliphatic carbocycles. The third-order valence-electron chi connectivity index (χ3n) is 2.41. The summed E-state index contributed by atoms with van der Waals surface area (Å²) >= 11 is 0. The van der Waals surface area contributed by atoms with Crippen LogP contribution < -0.4 is 5.32 Å². The Balaban J connectivity index is 2.54. The molecule has 96 valence electrons. The Morgan fingerprint density at radius 1 is 1.41 bits per heavy atom. The van der Waals surface area contributed by atoms with Crippen LogP contribution in [-0.2, 0) is 22.5 Å². The van der Waals surface area contributed by atoms with E-state index in [1.165, 1.54) is 7.11 Å². The summed E-state index contributed by atoms with van der Waals surface area (Å²) in [7, 11) is 1.38. The molecule has 1 N–H and O–H groups in total. The van der Waals surface area contributed by atoms with Crippen molar-refractivity contribution in [3.63, 3.8) is 0 Å². The summed E-state index contributed by atoms with van der Waals surface area (Å²) in [6.07, 6.45) is 0.706. The van der Waals surface area contributed by atoms with Gasteiger partial charge in [0, 0.05) is 6.42 Å². The normalized spacial score (nSPS) is 12.8. The van der Waals surface area contributed by atoms with E-state index >= 15 is 0 Å². The zero-order chi connectivity index (χ0) is 12.8. The van der Waals surface area contributed by atoms with Gasteiger partial charge in [0.25, 0.3) is 0 Å². The fraction of sp³-hybridized carbons (Fsp3) is 0.727. The summed E-state index contributed by atoms with van der Waals surface area (Å²) in [4.78, 5) is 11.5. The Kier molecular flexibility index (Phi) is 5.09. The molecule has 0 spiro atoms. The van der Waals surface area contributed by atoms with Crippen molar-refractivity contribution in [3.8, 4) is 0 Å². The molecule has 6 nitrogen and oxygen atoms in total. The lowest BCUT2D eigenvalue weighted by Crippen LogP contribution is -2.41. The Hall–Kier alpha value is -1.43. The summed E-state index contributed by atoms with van der Waals surface area (Å²) in [5.74, 6) is 0.934. The number of carbonyl (C=O) groups excluding carboxylic acids is 1. The second-order valence-corrected chi connectivity index (χ2v) is 4.07. The lowest BCUT2D eigenvalue weighted by molar-refractivity contribution is -0.144. The van der Waals surface area contributed by atoms with Crippen molar-refractivity contribution in [2.24, 2.45) is 5.92 Å². The number of ether oxygens (including phenoxy) is 1. The summed E-state index contributed by atoms with van der Waals surface area (Å²) in [5, 5.41) is 10.8. The van der Waals surface area contributed by atoms with Crippen LogP contribution >= 0.6 is 0 Å². The van der Waals surface area contributed by atoms with Crippen LogP contribution in [-0.4, -0.2) is 29.3 Å². The maximum absolute atomic E-state index is 11.5. The lowest BCUT2D eigenvalue weighted by Gasteiger charge is -2.18. The quantitative estimate of drug-likeness (QED) is 0.746. The molecule has 17 heavy (non-hydrogen) atoms. The first kappa shape index (κ1) is 13.6. The Morgan fingerprint density at radius 2 is 2.06 bits per heavy atom. The highest BCUT2D eigenvalue weighted by Gasteiger charge is 2.22. The number of hydrogen-bond acceptors (Lipinski definition) is 6. The SMILES string of the molecule is CCc1nnc(CNC(C(=O)OC)C(C)C)o1. The molecule has 1 aromatic rings. The summed E-state index contributed by atoms with van der Waals surface area (Å²) in [6, 6.07) is -0.364. The number of nitrogens with zero attached hydrogens (tertiary/aromatic N) is 2. The first-order valence-corrected chi connectivity index (χ1v) is 5.71. The topological polar surface area (TPSA) is 77.2 Å². The van der Waals surface area contributed by atoms with Gasteiger partial charge in [0.15, 0.2) is 0 Å². The van der Waals surface area contributed by atoms with E-state index < -0.39 is 0 Å². The largest absolute Gasteiger partial charge is 0.468 e. The number of esters is 1. The zero-order valence-electron chi connectivity index (χ0n) is 10.7. The number of nitrogens with one attached hydrogen (secondary N) is 1. The van der Waals surface area contributed by atoms with Gasteiger partial charge in [-0.05, 0) is 5.92 Å². The third kappa shape index (κ3) is 3.81. The predicted molar refractivity (Wildman–Crippen MR) is 61.2 cm³/mol. The zero-order valence-corrected chi connectivity index (χ0v) is 10.7. The number of aromatic nitrogens is 2. The van der Waals surface area contributed by atoms with Gasteiger partial charge < -0.3 is 9.15 Å². The molecule has 6 heteroatoms. The molecular weight excluding hydrogens is 222 g/mol. The predicted octanol–water partition coefficient (Wildman–Crippen LogP) is 0.919. The number of carbonyl (C=O) groups is 1. The van der Waals surface area contributed by atoms with Crippen LogP contribution in [0.2, 0.25) is 0 Å². The van der Waals surface area contributed by atoms with Crippen molar-refractivity contribution in [2.45, 2.75) is 39.8 Å². The van der Waals surface area contributed by atoms with Gasteiger partial charge in [-0.1, -0.05) is 20.8 Å². The van der Waals surface area contributed by atoms with E-state index in [4.69, 9.17) is 9.15 Å². The highest BCUT2D eigenvalue weighted by Crippen LogP contribution is 2.06. The highest BCUT2D eigenvalue weighted by atomic mass is 16.5. The second-order valence-electron chi connectivity index (χ2n) is 4.07. The molecule has 0 saturated heterocycles. The highest BCUT2D eigenvalue weighted by molar-refractivity contribution is 5.75. The molecule has 0 bridgehead atoms. The molecule has 0 radical (unpaired) electrons. The molecule has 1 aromatic heterocycles. The van der Waals surface area contributed by atoms with Crippen molar-refractivity contribution in [1.82, 2.24) is 15.5 Å². The van der Waals surface area contributed by atoms with Crippen molar-refractivity contribution in [1.29, 1.82) is 0 Å². The van der Waals surface area contributed by atoms with Gasteiger partial charge >= 0.3 is 5.97 Å². The smallest absolute Gasteiger partial charge is 0.323 e. The molecule has 0 aliphatic heterocycles. The average Bonchev–Trinajstić information content (AvgIpc) is 2.76. The first-order chi connectivity index (χ1) is 8.08. The maximum Gasteiger partial charge on any atom is 0.323 e. The molecule has 1 atom stereocenters. The molecule has 0 amide bonds. The van der Waals surface area contributed by atoms with Crippen LogP contribution in [0.3, 0.4) is 0 Å². The molecular formula is C11H19N3O3. The van der Waals surface area contributed by atoms with Crippen LogP contribution in [0.15, 0.2) is 4.42 Å². The summed E-state index contributed by atoms with van der Waals surface area (Å²) in [5.41, 5.74) is 0. The Bertz CT molecular complexity index is 363. The van der Waals surface area contributed by atoms with Crippen molar-refractivity contribution >= 4 is 5.97 Å². The third-order valence-corrected chi connectivity index (χ3v) is 2.41.